The number of ether oxygens (including phenoxy) is 2. The number of carbonyl (C=O) groups is 4. The Balaban J connectivity index is 1.41. The van der Waals surface area contributed by atoms with Crippen molar-refractivity contribution in [2.75, 3.05) is 13.6 Å². The highest BCUT2D eigenvalue weighted by Crippen LogP contribution is 2.56. The van der Waals surface area contributed by atoms with E-state index in [1.165, 1.54) is 36.0 Å². The smallest absolute Gasteiger partial charge is 0.456 e. The maximum atomic E-state index is 14.6. The fourth-order valence-corrected chi connectivity index (χ4v) is 9.73. The Bertz CT molecular complexity index is 2560. The molecule has 2 bridgehead atoms. The Hall–Kier alpha value is -5.65. The van der Waals surface area contributed by atoms with E-state index >= 15 is 0 Å². The van der Waals surface area contributed by atoms with Crippen molar-refractivity contribution in [2.45, 2.75) is 143 Å². The molecule has 66 heavy (non-hydrogen) atoms. The third kappa shape index (κ3) is 11.3. The normalized spacial score (nSPS) is 19.6. The van der Waals surface area contributed by atoms with Crippen LogP contribution in [0, 0.1) is 11.6 Å². The van der Waals surface area contributed by atoms with E-state index in [1.807, 2.05) is 6.92 Å². The number of nitrogens with zero attached hydrogens (tertiary/aromatic N) is 4. The maximum Gasteiger partial charge on any atom is 0.531 e. The van der Waals surface area contributed by atoms with Crippen LogP contribution in [0.2, 0.25) is 0 Å². The number of nitrogens with one attached hydrogen (secondary N) is 1. The van der Waals surface area contributed by atoms with Crippen LogP contribution < -0.4 is 20.0 Å². The molecule has 4 heterocycles. The van der Waals surface area contributed by atoms with Crippen LogP contribution in [0.4, 0.5) is 13.6 Å². The predicted octanol–water partition coefficient (Wildman–Crippen LogP) is 8.47. The van der Waals surface area contributed by atoms with Gasteiger partial charge in [-0.15, -0.1) is 0 Å². The number of esters is 1. The molecule has 358 valence electrons. The van der Waals surface area contributed by atoms with Gasteiger partial charge in [-0.05, 0) is 107 Å². The van der Waals surface area contributed by atoms with E-state index in [-0.39, 0.29) is 47.3 Å². The summed E-state index contributed by atoms with van der Waals surface area (Å²) in [5.74, 6) is -5.05. The second-order valence-electron chi connectivity index (χ2n) is 19.9. The molecule has 1 aromatic heterocycles. The van der Waals surface area contributed by atoms with E-state index in [1.54, 1.807) is 74.1 Å². The van der Waals surface area contributed by atoms with Crippen LogP contribution in [0.5, 0.6) is 11.5 Å². The Morgan fingerprint density at radius 3 is 2.21 bits per heavy atom. The van der Waals surface area contributed by atoms with Gasteiger partial charge >= 0.3 is 19.9 Å². The molecule has 0 unspecified atom stereocenters. The highest BCUT2D eigenvalue weighted by Gasteiger charge is 2.54. The molecule has 1 N–H and O–H groups in total. The van der Waals surface area contributed by atoms with Crippen molar-refractivity contribution in [1.82, 2.24) is 19.7 Å². The fraction of sp³-hybridized carbons (Fsp3) is 0.522. The number of phosphoric ester groups is 1. The van der Waals surface area contributed by atoms with Crippen molar-refractivity contribution in [3.05, 3.63) is 92.4 Å². The zero-order chi connectivity index (χ0) is 48.9. The van der Waals surface area contributed by atoms with Crippen molar-refractivity contribution in [1.29, 1.82) is 0 Å². The van der Waals surface area contributed by atoms with Crippen molar-refractivity contribution in [3.63, 3.8) is 0 Å². The van der Waals surface area contributed by atoms with Gasteiger partial charge in [-0.1, -0.05) is 17.3 Å². The Morgan fingerprint density at radius 2 is 1.62 bits per heavy atom. The van der Waals surface area contributed by atoms with Crippen LogP contribution in [0.15, 0.2) is 52.5 Å². The van der Waals surface area contributed by atoms with Gasteiger partial charge in [0.15, 0.2) is 11.3 Å². The molecule has 1 fully saturated rings. The maximum absolute atomic E-state index is 14.6. The molecule has 17 nitrogen and oxygen atoms in total. The first-order chi connectivity index (χ1) is 30.5. The van der Waals surface area contributed by atoms with Gasteiger partial charge in [0.25, 0.3) is 11.8 Å². The number of phosphoric acid groups is 1. The Morgan fingerprint density at radius 1 is 0.970 bits per heavy atom. The van der Waals surface area contributed by atoms with Gasteiger partial charge in [-0.3, -0.25) is 23.4 Å². The minimum Gasteiger partial charge on any atom is -0.456 e. The standard InChI is InChI=1S/C46H58F2N5O12P/c1-26-21-46(63-50-26)18-17-27(2)52-25-35(46)53-24-32(39(55)49-22-29-15-16-31(47)20-33(29)48)37(54)38(36(53)40(52)56)60-42(58)51(12)23-30-14-13-28(41(57)61-43(3,4)5)19-34(30)62-66(59,64-44(6,7)8)65-45(9,10)11/h13-16,19-20,24,27,35H,17-18,21-23,25H2,1-12H3,(H,49,55)/t27-,35+,46-/m0/s1. The second-order valence-corrected chi connectivity index (χ2v) is 21.3. The molecule has 0 saturated carbocycles. The third-order valence-corrected chi connectivity index (χ3v) is 12.7. The lowest BCUT2D eigenvalue weighted by Gasteiger charge is -2.42. The van der Waals surface area contributed by atoms with Gasteiger partial charge in [0.1, 0.15) is 28.5 Å². The van der Waals surface area contributed by atoms with Crippen molar-refractivity contribution >= 4 is 37.4 Å². The molecule has 1 saturated heterocycles. The lowest BCUT2D eigenvalue weighted by molar-refractivity contribution is -0.0655. The van der Waals surface area contributed by atoms with Crippen LogP contribution >= 0.6 is 7.82 Å². The van der Waals surface area contributed by atoms with Crippen molar-refractivity contribution in [2.24, 2.45) is 5.16 Å². The minimum absolute atomic E-state index is 0.0118. The number of carbonyl (C=O) groups excluding carboxylic acids is 4. The lowest BCUT2D eigenvalue weighted by atomic mass is 9.84. The van der Waals surface area contributed by atoms with Crippen molar-refractivity contribution in [3.8, 4) is 11.5 Å². The Kier molecular flexibility index (Phi) is 13.7. The van der Waals surface area contributed by atoms with Crippen LogP contribution in [-0.2, 0) is 36.3 Å². The number of oxime groups is 1. The average molecular weight is 942 g/mol. The molecule has 20 heteroatoms. The number of hydrogen-bond acceptors (Lipinski definition) is 13. The molecule has 3 aliphatic rings. The monoisotopic (exact) mass is 941 g/mol. The number of aromatic nitrogens is 1. The highest BCUT2D eigenvalue weighted by molar-refractivity contribution is 7.49. The summed E-state index contributed by atoms with van der Waals surface area (Å²) in [6.45, 7) is 17.9. The first kappa shape index (κ1) is 49.8. The molecular formula is C46H58F2N5O12P. The molecule has 3 aromatic rings. The number of fused-ring (bicyclic) bond motifs is 5. The molecule has 0 radical (unpaired) electrons. The van der Waals surface area contributed by atoms with E-state index in [9.17, 15) is 37.3 Å². The van der Waals surface area contributed by atoms with Gasteiger partial charge in [0, 0.05) is 56.0 Å². The summed E-state index contributed by atoms with van der Waals surface area (Å²) in [6.07, 6.45) is 1.36. The second kappa shape index (κ2) is 18.2. The van der Waals surface area contributed by atoms with Gasteiger partial charge in [-0.2, -0.15) is 0 Å². The molecule has 1 spiro atoms. The SMILES string of the molecule is CC1=NO[C@@]2(CC[C@H](C)N3C[C@H]2n2cc(C(=O)NCc4ccc(F)cc4F)c(=O)c(OC(=O)N(C)Cc4ccc(C(=O)OC(C)(C)C)cc4OP(=O)(OC(C)(C)C)OC(C)(C)C)c2C3=O)C1. The van der Waals surface area contributed by atoms with E-state index in [0.29, 0.717) is 31.0 Å². The molecule has 6 rings (SSSR count). The van der Waals surface area contributed by atoms with Gasteiger partial charge in [0.05, 0.1) is 35.1 Å². The number of hydrogen-bond donors (Lipinski definition) is 1. The summed E-state index contributed by atoms with van der Waals surface area (Å²) < 4.78 is 73.3. The molecule has 3 atom stereocenters. The van der Waals surface area contributed by atoms with Crippen molar-refractivity contribution < 1.29 is 60.4 Å². The number of amides is 3. The topological polar surface area (TPSA) is 194 Å². The highest BCUT2D eigenvalue weighted by atomic mass is 31.2. The van der Waals surface area contributed by atoms with E-state index < -0.39 is 95.1 Å². The largest absolute Gasteiger partial charge is 0.531 e. The molecule has 3 aliphatic heterocycles. The van der Waals surface area contributed by atoms with Crippen LogP contribution in [-0.4, -0.2) is 86.0 Å². The summed E-state index contributed by atoms with van der Waals surface area (Å²) in [6, 6.07) is 5.89. The van der Waals surface area contributed by atoms with Crippen LogP contribution in [0.3, 0.4) is 0 Å². The molecule has 0 aliphatic carbocycles. The first-order valence-electron chi connectivity index (χ1n) is 21.5. The van der Waals surface area contributed by atoms with Gasteiger partial charge in [0.2, 0.25) is 11.2 Å². The quantitative estimate of drug-likeness (QED) is 0.143. The van der Waals surface area contributed by atoms with Gasteiger partial charge < -0.3 is 38.5 Å². The summed E-state index contributed by atoms with van der Waals surface area (Å²) in [7, 11) is -3.18. The lowest BCUT2D eigenvalue weighted by Crippen LogP contribution is -2.52. The minimum atomic E-state index is -4.50. The number of rotatable bonds is 11. The number of benzene rings is 2. The van der Waals surface area contributed by atoms with Crippen LogP contribution in [0.25, 0.3) is 0 Å². The molecular weight excluding hydrogens is 883 g/mol. The van der Waals surface area contributed by atoms with Crippen LogP contribution in [0.1, 0.15) is 144 Å². The first-order valence-corrected chi connectivity index (χ1v) is 23.0. The summed E-state index contributed by atoms with van der Waals surface area (Å²) in [4.78, 5) is 79.2. The summed E-state index contributed by atoms with van der Waals surface area (Å²) in [5, 5.41) is 6.72. The zero-order valence-electron chi connectivity index (χ0n) is 39.3. The number of pyridine rings is 1. The van der Waals surface area contributed by atoms with E-state index in [2.05, 4.69) is 10.5 Å². The summed E-state index contributed by atoms with van der Waals surface area (Å²) >= 11 is 0. The van der Waals surface area contributed by atoms with Gasteiger partial charge in [-0.25, -0.2) is 22.9 Å². The predicted molar refractivity (Wildman–Crippen MR) is 238 cm³/mol. The van der Waals surface area contributed by atoms with E-state index in [4.69, 9.17) is 27.9 Å². The third-order valence-electron chi connectivity index (χ3n) is 10.7. The average Bonchev–Trinajstić information content (AvgIpc) is 3.51. The molecule has 3 amide bonds. The zero-order valence-corrected chi connectivity index (χ0v) is 40.2. The fourth-order valence-electron chi connectivity index (χ4n) is 7.87. The molecule has 2 aromatic carbocycles. The number of halogens is 2. The van der Waals surface area contributed by atoms with E-state index in [0.717, 1.165) is 17.0 Å². The Labute approximate surface area is 382 Å². The summed E-state index contributed by atoms with van der Waals surface area (Å²) in [5.41, 5.74) is -5.14.